The number of ether oxygens (including phenoxy) is 4. The topological polar surface area (TPSA) is 94.5 Å². The quantitative estimate of drug-likeness (QED) is 0.442. The van der Waals surface area contributed by atoms with Crippen LogP contribution in [0.2, 0.25) is 0 Å². The Morgan fingerprint density at radius 2 is 1.53 bits per heavy atom. The SMILES string of the molecule is COc1ccc(C2/C(=C(/O)c3ccc(OC)c(OC)c3)C(=O)C(=O)N2C)c(OC)c1. The predicted octanol–water partition coefficient (Wildman–Crippen LogP) is 2.77. The fraction of sp³-hybridized carbons (Fsp3) is 0.273. The van der Waals surface area contributed by atoms with Gasteiger partial charge in [-0.1, -0.05) is 0 Å². The number of Topliss-reactive ketones (excluding diaryl/α,β-unsaturated/α-hetero) is 1. The molecule has 1 unspecified atom stereocenters. The van der Waals surface area contributed by atoms with Crippen molar-refractivity contribution >= 4 is 17.4 Å². The van der Waals surface area contributed by atoms with Crippen molar-refractivity contribution in [1.82, 2.24) is 4.90 Å². The molecule has 1 amide bonds. The van der Waals surface area contributed by atoms with Crippen LogP contribution < -0.4 is 18.9 Å². The van der Waals surface area contributed by atoms with E-state index in [0.717, 1.165) is 0 Å². The average Bonchev–Trinajstić information content (AvgIpc) is 3.01. The summed E-state index contributed by atoms with van der Waals surface area (Å²) in [6.07, 6.45) is 0. The van der Waals surface area contributed by atoms with Gasteiger partial charge in [-0.25, -0.2) is 0 Å². The molecule has 2 aromatic rings. The minimum Gasteiger partial charge on any atom is -0.507 e. The molecule has 8 heteroatoms. The van der Waals surface area contributed by atoms with Gasteiger partial charge >= 0.3 is 0 Å². The van der Waals surface area contributed by atoms with Gasteiger partial charge < -0.3 is 29.0 Å². The van der Waals surface area contributed by atoms with Crippen LogP contribution in [0.4, 0.5) is 0 Å². The molecular weight excluding hydrogens is 390 g/mol. The highest BCUT2D eigenvalue weighted by Gasteiger charge is 2.45. The van der Waals surface area contributed by atoms with Crippen molar-refractivity contribution in [3.8, 4) is 23.0 Å². The number of nitrogens with zero attached hydrogens (tertiary/aromatic N) is 1. The van der Waals surface area contributed by atoms with Crippen LogP contribution in [-0.4, -0.2) is 57.2 Å². The maximum atomic E-state index is 12.8. The molecule has 8 nitrogen and oxygen atoms in total. The third kappa shape index (κ3) is 3.41. The summed E-state index contributed by atoms with van der Waals surface area (Å²) < 4.78 is 21.2. The van der Waals surface area contributed by atoms with Gasteiger partial charge in [0.1, 0.15) is 17.3 Å². The largest absolute Gasteiger partial charge is 0.507 e. The summed E-state index contributed by atoms with van der Waals surface area (Å²) in [6.45, 7) is 0. The molecule has 2 aromatic carbocycles. The van der Waals surface area contributed by atoms with Crippen LogP contribution in [0, 0.1) is 0 Å². The fourth-order valence-electron chi connectivity index (χ4n) is 3.49. The number of methoxy groups -OCH3 is 4. The van der Waals surface area contributed by atoms with Crippen LogP contribution in [0.3, 0.4) is 0 Å². The molecule has 0 radical (unpaired) electrons. The molecule has 158 valence electrons. The lowest BCUT2D eigenvalue weighted by Crippen LogP contribution is -2.25. The Morgan fingerprint density at radius 3 is 2.13 bits per heavy atom. The van der Waals surface area contributed by atoms with Gasteiger partial charge in [-0.2, -0.15) is 0 Å². The van der Waals surface area contributed by atoms with Crippen LogP contribution in [0.1, 0.15) is 17.2 Å². The summed E-state index contributed by atoms with van der Waals surface area (Å²) in [7, 11) is 7.47. The first-order chi connectivity index (χ1) is 14.4. The summed E-state index contributed by atoms with van der Waals surface area (Å²) in [5.74, 6) is 0.00755. The van der Waals surface area contributed by atoms with Crippen LogP contribution in [-0.2, 0) is 9.59 Å². The van der Waals surface area contributed by atoms with Gasteiger partial charge in [-0.3, -0.25) is 9.59 Å². The van der Waals surface area contributed by atoms with E-state index in [1.165, 1.54) is 40.4 Å². The molecule has 1 saturated heterocycles. The third-order valence-electron chi connectivity index (χ3n) is 5.07. The van der Waals surface area contributed by atoms with Gasteiger partial charge in [0.15, 0.2) is 11.5 Å². The monoisotopic (exact) mass is 413 g/mol. The smallest absolute Gasteiger partial charge is 0.295 e. The number of benzene rings is 2. The molecule has 0 bridgehead atoms. The van der Waals surface area contributed by atoms with Crippen molar-refractivity contribution in [3.63, 3.8) is 0 Å². The van der Waals surface area contributed by atoms with Gasteiger partial charge in [-0.05, 0) is 30.3 Å². The Kier molecular flexibility index (Phi) is 5.86. The molecule has 1 heterocycles. The van der Waals surface area contributed by atoms with Crippen LogP contribution in [0.15, 0.2) is 42.0 Å². The second-order valence-corrected chi connectivity index (χ2v) is 6.59. The number of hydrogen-bond acceptors (Lipinski definition) is 7. The van der Waals surface area contributed by atoms with E-state index in [2.05, 4.69) is 0 Å². The highest BCUT2D eigenvalue weighted by atomic mass is 16.5. The van der Waals surface area contributed by atoms with Crippen molar-refractivity contribution in [2.45, 2.75) is 6.04 Å². The normalized spacial score (nSPS) is 17.8. The van der Waals surface area contributed by atoms with E-state index in [1.54, 1.807) is 36.4 Å². The van der Waals surface area contributed by atoms with Crippen molar-refractivity contribution in [1.29, 1.82) is 0 Å². The van der Waals surface area contributed by atoms with E-state index in [9.17, 15) is 14.7 Å². The van der Waals surface area contributed by atoms with Crippen molar-refractivity contribution in [2.75, 3.05) is 35.5 Å². The molecule has 0 aliphatic carbocycles. The van der Waals surface area contributed by atoms with Gasteiger partial charge in [-0.15, -0.1) is 0 Å². The highest BCUT2D eigenvalue weighted by molar-refractivity contribution is 6.46. The molecular formula is C22H23NO7. The molecule has 1 atom stereocenters. The summed E-state index contributed by atoms with van der Waals surface area (Å²) in [6, 6.07) is 8.96. The predicted molar refractivity (Wildman–Crippen MR) is 109 cm³/mol. The number of ketones is 1. The van der Waals surface area contributed by atoms with Gasteiger partial charge in [0, 0.05) is 24.2 Å². The number of amides is 1. The molecule has 0 saturated carbocycles. The number of likely N-dealkylation sites (N-methyl/N-ethyl adjacent to an activating group) is 1. The number of aliphatic hydroxyl groups is 1. The number of carbonyl (C=O) groups is 2. The zero-order valence-corrected chi connectivity index (χ0v) is 17.4. The summed E-state index contributed by atoms with van der Waals surface area (Å²) in [4.78, 5) is 26.6. The van der Waals surface area contributed by atoms with Crippen LogP contribution >= 0.6 is 0 Å². The Morgan fingerprint density at radius 1 is 0.867 bits per heavy atom. The Bertz CT molecular complexity index is 1030. The van der Waals surface area contributed by atoms with Crippen molar-refractivity contribution in [3.05, 3.63) is 53.1 Å². The number of aliphatic hydroxyl groups excluding tert-OH is 1. The van der Waals surface area contributed by atoms with Crippen LogP contribution in [0.25, 0.3) is 5.76 Å². The summed E-state index contributed by atoms with van der Waals surface area (Å²) >= 11 is 0. The number of likely N-dealkylation sites (tertiary alicyclic amines) is 1. The summed E-state index contributed by atoms with van der Waals surface area (Å²) in [5.41, 5.74) is 0.816. The molecule has 1 aliphatic rings. The molecule has 0 spiro atoms. The lowest BCUT2D eigenvalue weighted by Gasteiger charge is -2.23. The highest BCUT2D eigenvalue weighted by Crippen LogP contribution is 2.43. The molecule has 1 fully saturated rings. The lowest BCUT2D eigenvalue weighted by atomic mass is 9.94. The standard InChI is InChI=1S/C22H23NO7/c1-23-19(14-8-7-13(27-2)11-16(14)29-4)18(21(25)22(23)26)20(24)12-6-9-15(28-3)17(10-12)30-5/h6-11,19,24H,1-5H3/b20-18-. The van der Waals surface area contributed by atoms with E-state index < -0.39 is 17.7 Å². The molecule has 3 rings (SSSR count). The molecule has 1 N–H and O–H groups in total. The lowest BCUT2D eigenvalue weighted by molar-refractivity contribution is -0.139. The van der Waals surface area contributed by atoms with E-state index in [4.69, 9.17) is 18.9 Å². The second-order valence-electron chi connectivity index (χ2n) is 6.59. The minimum atomic E-state index is -0.834. The molecule has 0 aromatic heterocycles. The maximum Gasteiger partial charge on any atom is 0.295 e. The van der Waals surface area contributed by atoms with Gasteiger partial charge in [0.2, 0.25) is 0 Å². The summed E-state index contributed by atoms with van der Waals surface area (Å²) in [5, 5.41) is 11.0. The van der Waals surface area contributed by atoms with Gasteiger partial charge in [0.05, 0.1) is 40.1 Å². The first-order valence-corrected chi connectivity index (χ1v) is 9.06. The molecule has 1 aliphatic heterocycles. The fourth-order valence-corrected chi connectivity index (χ4v) is 3.49. The number of hydrogen-bond donors (Lipinski definition) is 1. The maximum absolute atomic E-state index is 12.8. The van der Waals surface area contributed by atoms with E-state index >= 15 is 0 Å². The van der Waals surface area contributed by atoms with Crippen LogP contribution in [0.5, 0.6) is 23.0 Å². The first kappa shape index (κ1) is 21.0. The van der Waals surface area contributed by atoms with Gasteiger partial charge in [0.25, 0.3) is 11.7 Å². The zero-order valence-electron chi connectivity index (χ0n) is 17.4. The van der Waals surface area contributed by atoms with Crippen molar-refractivity contribution < 1.29 is 33.6 Å². The Labute approximate surface area is 174 Å². The number of rotatable bonds is 6. The Balaban J connectivity index is 2.21. The van der Waals surface area contributed by atoms with E-state index in [0.29, 0.717) is 34.1 Å². The second kappa shape index (κ2) is 8.36. The minimum absolute atomic E-state index is 0.0433. The third-order valence-corrected chi connectivity index (χ3v) is 5.07. The van der Waals surface area contributed by atoms with E-state index in [1.807, 2.05) is 0 Å². The van der Waals surface area contributed by atoms with Crippen molar-refractivity contribution in [2.24, 2.45) is 0 Å². The zero-order chi connectivity index (χ0) is 22.0. The number of carbonyl (C=O) groups excluding carboxylic acids is 2. The first-order valence-electron chi connectivity index (χ1n) is 9.06. The molecule has 30 heavy (non-hydrogen) atoms. The van der Waals surface area contributed by atoms with E-state index in [-0.39, 0.29) is 11.3 Å². The Hall–Kier alpha value is -3.68. The average molecular weight is 413 g/mol.